The summed E-state index contributed by atoms with van der Waals surface area (Å²) in [6.45, 7) is 4.77. The number of thiophene rings is 1. The van der Waals surface area contributed by atoms with E-state index in [-0.39, 0.29) is 12.0 Å². The number of carbonyl (C=O) groups is 1. The molecule has 1 aromatic carbocycles. The first-order valence-electron chi connectivity index (χ1n) is 8.91. The quantitative estimate of drug-likeness (QED) is 0.769. The molecule has 2 atom stereocenters. The number of nitrogens with zero attached hydrogens (tertiary/aromatic N) is 1. The Hall–Kier alpha value is -1.40. The minimum absolute atomic E-state index is 0.0141. The first-order chi connectivity index (χ1) is 12.5. The van der Waals surface area contributed by atoms with Gasteiger partial charge < -0.3 is 9.47 Å². The van der Waals surface area contributed by atoms with Crippen molar-refractivity contribution in [2.75, 3.05) is 11.5 Å². The molecule has 0 N–H and O–H groups in total. The van der Waals surface area contributed by atoms with E-state index in [1.54, 1.807) is 23.2 Å². The summed E-state index contributed by atoms with van der Waals surface area (Å²) < 4.78 is 12.0. The molecule has 1 aliphatic heterocycles. The Morgan fingerprint density at radius 3 is 2.92 bits per heavy atom. The summed E-state index contributed by atoms with van der Waals surface area (Å²) in [4.78, 5) is 15.4. The lowest BCUT2D eigenvalue weighted by Gasteiger charge is -2.31. The summed E-state index contributed by atoms with van der Waals surface area (Å²) in [5, 5.41) is 1.64. The van der Waals surface area contributed by atoms with Gasteiger partial charge in [-0.2, -0.15) is 0 Å². The standard InChI is InChI=1S/C20H22ClNO3S/c1-13-12-24-20(25-13)8-7-15-9-19(26-18(15)10-20)22(14(2)23)11-16-5-3-4-6-17(16)21/h3-6,9,13H,7-8,10-12H2,1-2H3. The average molecular weight is 392 g/mol. The number of hydrogen-bond donors (Lipinski definition) is 0. The Labute approximate surface area is 162 Å². The molecule has 26 heavy (non-hydrogen) atoms. The Balaban J connectivity index is 1.59. The van der Waals surface area contributed by atoms with Gasteiger partial charge in [0.05, 0.1) is 24.3 Å². The number of anilines is 1. The van der Waals surface area contributed by atoms with Gasteiger partial charge in [-0.1, -0.05) is 29.8 Å². The van der Waals surface area contributed by atoms with Crippen LogP contribution in [0, 0.1) is 0 Å². The second kappa shape index (κ2) is 6.97. The second-order valence-electron chi connectivity index (χ2n) is 7.06. The maximum absolute atomic E-state index is 12.3. The van der Waals surface area contributed by atoms with Gasteiger partial charge in [0.2, 0.25) is 5.91 Å². The summed E-state index contributed by atoms with van der Waals surface area (Å²) in [5.41, 5.74) is 2.25. The van der Waals surface area contributed by atoms with Crippen molar-refractivity contribution in [1.29, 1.82) is 0 Å². The molecule has 0 saturated carbocycles. The number of aryl methyl sites for hydroxylation is 1. The van der Waals surface area contributed by atoms with Crippen LogP contribution in [0.2, 0.25) is 5.02 Å². The zero-order valence-electron chi connectivity index (χ0n) is 15.0. The molecule has 2 aliphatic rings. The Morgan fingerprint density at radius 1 is 1.42 bits per heavy atom. The fourth-order valence-corrected chi connectivity index (χ4v) is 5.21. The number of fused-ring (bicyclic) bond motifs is 1. The minimum atomic E-state index is -0.474. The van der Waals surface area contributed by atoms with E-state index in [9.17, 15) is 4.79 Å². The molecule has 6 heteroatoms. The van der Waals surface area contributed by atoms with E-state index in [1.807, 2.05) is 31.2 Å². The molecule has 1 aromatic heterocycles. The third kappa shape index (κ3) is 3.41. The summed E-state index contributed by atoms with van der Waals surface area (Å²) in [7, 11) is 0. The van der Waals surface area contributed by atoms with Crippen molar-refractivity contribution in [1.82, 2.24) is 0 Å². The van der Waals surface area contributed by atoms with E-state index in [2.05, 4.69) is 6.07 Å². The Bertz CT molecular complexity index is 836. The van der Waals surface area contributed by atoms with Crippen molar-refractivity contribution in [3.63, 3.8) is 0 Å². The van der Waals surface area contributed by atoms with Crippen molar-refractivity contribution >= 4 is 33.8 Å². The molecule has 1 spiro atoms. The third-order valence-corrected chi connectivity index (χ3v) is 6.59. The fraction of sp³-hybridized carbons (Fsp3) is 0.450. The molecule has 0 radical (unpaired) electrons. The first-order valence-corrected chi connectivity index (χ1v) is 10.1. The normalized spacial score (nSPS) is 24.7. The highest BCUT2D eigenvalue weighted by Gasteiger charge is 2.43. The van der Waals surface area contributed by atoms with Crippen LogP contribution in [0.4, 0.5) is 5.00 Å². The molecule has 138 valence electrons. The van der Waals surface area contributed by atoms with Gasteiger partial charge in [-0.05, 0) is 36.6 Å². The van der Waals surface area contributed by atoms with Crippen molar-refractivity contribution in [2.24, 2.45) is 0 Å². The highest BCUT2D eigenvalue weighted by molar-refractivity contribution is 7.16. The largest absolute Gasteiger partial charge is 0.347 e. The van der Waals surface area contributed by atoms with Crippen LogP contribution in [-0.2, 0) is 33.7 Å². The number of hydrogen-bond acceptors (Lipinski definition) is 4. The molecule has 2 heterocycles. The molecule has 1 aliphatic carbocycles. The smallest absolute Gasteiger partial charge is 0.224 e. The topological polar surface area (TPSA) is 38.8 Å². The third-order valence-electron chi connectivity index (χ3n) is 5.02. The molecular formula is C20H22ClNO3S. The van der Waals surface area contributed by atoms with Crippen molar-refractivity contribution < 1.29 is 14.3 Å². The van der Waals surface area contributed by atoms with Gasteiger partial charge in [-0.3, -0.25) is 9.69 Å². The van der Waals surface area contributed by atoms with Crippen LogP contribution in [0.3, 0.4) is 0 Å². The zero-order valence-corrected chi connectivity index (χ0v) is 16.5. The summed E-state index contributed by atoms with van der Waals surface area (Å²) in [6, 6.07) is 9.80. The number of carbonyl (C=O) groups excluding carboxylic acids is 1. The van der Waals surface area contributed by atoms with E-state index in [0.717, 1.165) is 29.8 Å². The molecule has 1 fully saturated rings. The highest BCUT2D eigenvalue weighted by Crippen LogP contribution is 2.43. The van der Waals surface area contributed by atoms with Crippen molar-refractivity contribution in [2.45, 2.75) is 51.5 Å². The predicted molar refractivity (Wildman–Crippen MR) is 104 cm³/mol. The number of halogens is 1. The maximum Gasteiger partial charge on any atom is 0.224 e. The summed E-state index contributed by atoms with van der Waals surface area (Å²) >= 11 is 7.95. The highest BCUT2D eigenvalue weighted by atomic mass is 35.5. The van der Waals surface area contributed by atoms with Crippen LogP contribution < -0.4 is 4.90 Å². The molecule has 1 amide bonds. The summed E-state index contributed by atoms with van der Waals surface area (Å²) in [6.07, 6.45) is 2.68. The second-order valence-corrected chi connectivity index (χ2v) is 8.58. The van der Waals surface area contributed by atoms with E-state index < -0.39 is 5.79 Å². The van der Waals surface area contributed by atoms with Crippen LogP contribution in [0.5, 0.6) is 0 Å². The van der Waals surface area contributed by atoms with Gasteiger partial charge in [-0.25, -0.2) is 0 Å². The van der Waals surface area contributed by atoms with E-state index in [4.69, 9.17) is 21.1 Å². The first kappa shape index (κ1) is 18.0. The molecular weight excluding hydrogens is 370 g/mol. The SMILES string of the molecule is CC(=O)N(Cc1ccccc1Cl)c1cc2c(s1)CC1(CC2)OCC(C)O1. The van der Waals surface area contributed by atoms with Crippen LogP contribution in [0.25, 0.3) is 0 Å². The molecule has 1 saturated heterocycles. The molecule has 4 rings (SSSR count). The number of rotatable bonds is 3. The molecule has 2 unspecified atom stereocenters. The van der Waals surface area contributed by atoms with Crippen LogP contribution >= 0.6 is 22.9 Å². The zero-order chi connectivity index (χ0) is 18.3. The maximum atomic E-state index is 12.3. The van der Waals surface area contributed by atoms with Gasteiger partial charge in [0.25, 0.3) is 0 Å². The number of ether oxygens (including phenoxy) is 2. The van der Waals surface area contributed by atoms with Crippen LogP contribution in [0.15, 0.2) is 30.3 Å². The van der Waals surface area contributed by atoms with Gasteiger partial charge in [-0.15, -0.1) is 11.3 Å². The minimum Gasteiger partial charge on any atom is -0.347 e. The Morgan fingerprint density at radius 2 is 2.23 bits per heavy atom. The van der Waals surface area contributed by atoms with Gasteiger partial charge in [0.15, 0.2) is 5.79 Å². The number of amides is 1. The molecule has 2 aromatic rings. The lowest BCUT2D eigenvalue weighted by atomic mass is 9.93. The Kier molecular flexibility index (Phi) is 4.82. The van der Waals surface area contributed by atoms with E-state index in [0.29, 0.717) is 18.2 Å². The summed E-state index contributed by atoms with van der Waals surface area (Å²) in [5.74, 6) is -0.460. The fourth-order valence-electron chi connectivity index (χ4n) is 3.67. The van der Waals surface area contributed by atoms with Gasteiger partial charge >= 0.3 is 0 Å². The lowest BCUT2D eigenvalue weighted by molar-refractivity contribution is -0.172. The van der Waals surface area contributed by atoms with Crippen LogP contribution in [-0.4, -0.2) is 24.4 Å². The number of benzene rings is 1. The molecule has 4 nitrogen and oxygen atoms in total. The predicted octanol–water partition coefficient (Wildman–Crippen LogP) is 4.57. The van der Waals surface area contributed by atoms with Gasteiger partial charge in [0, 0.05) is 29.7 Å². The van der Waals surface area contributed by atoms with E-state index >= 15 is 0 Å². The van der Waals surface area contributed by atoms with Crippen molar-refractivity contribution in [3.8, 4) is 0 Å². The monoisotopic (exact) mass is 391 g/mol. The molecule has 0 bridgehead atoms. The van der Waals surface area contributed by atoms with Crippen molar-refractivity contribution in [3.05, 3.63) is 51.4 Å². The van der Waals surface area contributed by atoms with Crippen LogP contribution in [0.1, 0.15) is 36.3 Å². The lowest BCUT2D eigenvalue weighted by Crippen LogP contribution is -2.36. The average Bonchev–Trinajstić information content (AvgIpc) is 3.17. The van der Waals surface area contributed by atoms with E-state index in [1.165, 1.54) is 10.4 Å². The van der Waals surface area contributed by atoms with Gasteiger partial charge in [0.1, 0.15) is 0 Å².